The lowest BCUT2D eigenvalue weighted by Gasteiger charge is -2.31. The molecule has 1 aliphatic carbocycles. The summed E-state index contributed by atoms with van der Waals surface area (Å²) in [6, 6.07) is 9.35. The summed E-state index contributed by atoms with van der Waals surface area (Å²) in [4.78, 5) is 0. The van der Waals surface area contributed by atoms with Gasteiger partial charge >= 0.3 is 6.18 Å². The van der Waals surface area contributed by atoms with Crippen LogP contribution in [0.25, 0.3) is 0 Å². The second-order valence-corrected chi connectivity index (χ2v) is 6.00. The summed E-state index contributed by atoms with van der Waals surface area (Å²) in [7, 11) is 0. The Kier molecular flexibility index (Phi) is 4.15. The second kappa shape index (κ2) is 5.96. The van der Waals surface area contributed by atoms with Crippen molar-refractivity contribution in [3.8, 4) is 0 Å². The minimum absolute atomic E-state index is 0.206. The fourth-order valence-corrected chi connectivity index (χ4v) is 3.26. The molecule has 5 heteroatoms. The number of halogens is 4. The maximum atomic E-state index is 13.4. The monoisotopic (exact) mass is 322 g/mol. The number of aryl methyl sites for hydroxylation is 1. The van der Waals surface area contributed by atoms with Crippen LogP contribution in [0.2, 0.25) is 0 Å². The smallest absolute Gasteiger partial charge is 0.254 e. The second-order valence-electron chi connectivity index (χ2n) is 6.00. The molecule has 1 N–H and O–H groups in total. The molecule has 0 aliphatic heterocycles. The highest BCUT2D eigenvalue weighted by atomic mass is 19.4. The number of nitrogens with one attached hydrogen (secondary N) is 1. The fourth-order valence-electron chi connectivity index (χ4n) is 3.26. The molecule has 0 saturated carbocycles. The lowest BCUT2D eigenvalue weighted by atomic mass is 9.76. The van der Waals surface area contributed by atoms with E-state index in [-0.39, 0.29) is 17.8 Å². The zero-order valence-electron chi connectivity index (χ0n) is 12.3. The third kappa shape index (κ3) is 3.39. The van der Waals surface area contributed by atoms with Gasteiger partial charge in [-0.15, -0.1) is 0 Å². The minimum Gasteiger partial charge on any atom is -0.254 e. The summed E-state index contributed by atoms with van der Waals surface area (Å²) in [6.07, 6.45) is -2.78. The van der Waals surface area contributed by atoms with E-state index < -0.39 is 11.7 Å². The molecule has 23 heavy (non-hydrogen) atoms. The van der Waals surface area contributed by atoms with E-state index in [2.05, 4.69) is 0 Å². The first-order chi connectivity index (χ1) is 10.8. The van der Waals surface area contributed by atoms with Crippen molar-refractivity contribution in [2.45, 2.75) is 37.4 Å². The van der Waals surface area contributed by atoms with Crippen LogP contribution in [-0.4, -0.2) is 6.04 Å². The van der Waals surface area contributed by atoms with Crippen molar-refractivity contribution in [3.63, 3.8) is 0 Å². The largest absolute Gasteiger partial charge is 0.416 e. The Morgan fingerprint density at radius 2 is 1.87 bits per heavy atom. The molecule has 1 radical (unpaired) electrons. The van der Waals surface area contributed by atoms with E-state index in [1.54, 1.807) is 12.1 Å². The van der Waals surface area contributed by atoms with Gasteiger partial charge in [-0.2, -0.15) is 13.2 Å². The van der Waals surface area contributed by atoms with Crippen molar-refractivity contribution >= 4 is 0 Å². The molecule has 2 unspecified atom stereocenters. The number of hydrogen-bond donors (Lipinski definition) is 0. The zero-order chi connectivity index (χ0) is 16.6. The van der Waals surface area contributed by atoms with Gasteiger partial charge in [0.05, 0.1) is 5.56 Å². The summed E-state index contributed by atoms with van der Waals surface area (Å²) in [5, 5.41) is 0. The summed E-state index contributed by atoms with van der Waals surface area (Å²) in [6.45, 7) is 0. The Morgan fingerprint density at radius 3 is 2.61 bits per heavy atom. The lowest BCUT2D eigenvalue weighted by Crippen LogP contribution is -2.28. The predicted octanol–water partition coefficient (Wildman–Crippen LogP) is 4.77. The average Bonchev–Trinajstić information content (AvgIpc) is 2.49. The molecule has 2 atom stereocenters. The minimum atomic E-state index is -4.37. The van der Waals surface area contributed by atoms with E-state index in [1.165, 1.54) is 18.2 Å². The van der Waals surface area contributed by atoms with Crippen molar-refractivity contribution in [2.75, 3.05) is 0 Å². The van der Waals surface area contributed by atoms with Gasteiger partial charge in [0.1, 0.15) is 5.82 Å². The lowest BCUT2D eigenvalue weighted by molar-refractivity contribution is -0.137. The SMILES string of the molecule is [NH]C1CCc2cc(F)ccc2C1Cc1cccc(C(F)(F)F)c1. The molecule has 0 fully saturated rings. The van der Waals surface area contributed by atoms with Gasteiger partial charge in [0.15, 0.2) is 0 Å². The summed E-state index contributed by atoms with van der Waals surface area (Å²) < 4.78 is 51.8. The highest BCUT2D eigenvalue weighted by Crippen LogP contribution is 2.36. The Balaban J connectivity index is 1.91. The van der Waals surface area contributed by atoms with E-state index in [4.69, 9.17) is 5.73 Å². The highest BCUT2D eigenvalue weighted by Gasteiger charge is 2.32. The molecule has 0 amide bonds. The molecule has 3 rings (SSSR count). The first-order valence-corrected chi connectivity index (χ1v) is 7.50. The zero-order valence-corrected chi connectivity index (χ0v) is 12.3. The molecule has 0 saturated heterocycles. The fraction of sp³-hybridized carbons (Fsp3) is 0.333. The normalized spacial score (nSPS) is 21.1. The summed E-state index contributed by atoms with van der Waals surface area (Å²) >= 11 is 0. The number of fused-ring (bicyclic) bond motifs is 1. The Hall–Kier alpha value is -1.88. The quantitative estimate of drug-likeness (QED) is 0.711. The van der Waals surface area contributed by atoms with Gasteiger partial charge in [0.25, 0.3) is 0 Å². The van der Waals surface area contributed by atoms with Crippen LogP contribution >= 0.6 is 0 Å². The topological polar surface area (TPSA) is 23.8 Å². The molecule has 0 spiro atoms. The van der Waals surface area contributed by atoms with E-state index in [0.29, 0.717) is 24.8 Å². The summed E-state index contributed by atoms with van der Waals surface area (Å²) in [5.41, 5.74) is 9.85. The third-order valence-electron chi connectivity index (χ3n) is 4.42. The molecule has 121 valence electrons. The number of benzene rings is 2. The summed E-state index contributed by atoms with van der Waals surface area (Å²) in [5.74, 6) is -0.521. The van der Waals surface area contributed by atoms with Gasteiger partial charge in [-0.25, -0.2) is 4.39 Å². The first-order valence-electron chi connectivity index (χ1n) is 7.50. The molecular weight excluding hydrogens is 306 g/mol. The van der Waals surface area contributed by atoms with Gasteiger partial charge in [-0.05, 0) is 54.2 Å². The van der Waals surface area contributed by atoms with E-state index in [0.717, 1.165) is 23.3 Å². The molecule has 1 aliphatic rings. The molecule has 2 aromatic rings. The Morgan fingerprint density at radius 1 is 1.09 bits per heavy atom. The van der Waals surface area contributed by atoms with Crippen LogP contribution in [0.3, 0.4) is 0 Å². The van der Waals surface area contributed by atoms with Crippen molar-refractivity contribution in [1.29, 1.82) is 0 Å². The van der Waals surface area contributed by atoms with Gasteiger partial charge in [0, 0.05) is 12.0 Å². The highest BCUT2D eigenvalue weighted by molar-refractivity contribution is 5.37. The Bertz CT molecular complexity index is 708. The number of rotatable bonds is 2. The maximum Gasteiger partial charge on any atom is 0.416 e. The van der Waals surface area contributed by atoms with Crippen molar-refractivity contribution in [1.82, 2.24) is 5.73 Å². The van der Waals surface area contributed by atoms with Gasteiger partial charge in [-0.1, -0.05) is 24.3 Å². The maximum absolute atomic E-state index is 13.4. The van der Waals surface area contributed by atoms with E-state index in [9.17, 15) is 17.6 Å². The van der Waals surface area contributed by atoms with Crippen LogP contribution in [-0.2, 0) is 19.0 Å². The van der Waals surface area contributed by atoms with Crippen LogP contribution < -0.4 is 5.73 Å². The number of hydrogen-bond acceptors (Lipinski definition) is 0. The first kappa shape index (κ1) is 16.0. The van der Waals surface area contributed by atoms with E-state index >= 15 is 0 Å². The molecular formula is C18H16F4N. The van der Waals surface area contributed by atoms with Gasteiger partial charge in [0.2, 0.25) is 0 Å². The molecule has 0 aromatic heterocycles. The van der Waals surface area contributed by atoms with Crippen LogP contribution in [0, 0.1) is 5.82 Å². The van der Waals surface area contributed by atoms with Crippen LogP contribution in [0.5, 0.6) is 0 Å². The van der Waals surface area contributed by atoms with Crippen molar-refractivity contribution < 1.29 is 17.6 Å². The molecule has 1 nitrogen and oxygen atoms in total. The van der Waals surface area contributed by atoms with E-state index in [1.807, 2.05) is 0 Å². The third-order valence-corrected chi connectivity index (χ3v) is 4.42. The number of alkyl halides is 3. The molecule has 0 heterocycles. The van der Waals surface area contributed by atoms with Gasteiger partial charge in [-0.3, -0.25) is 5.73 Å². The van der Waals surface area contributed by atoms with Crippen molar-refractivity contribution in [3.05, 3.63) is 70.5 Å². The van der Waals surface area contributed by atoms with Crippen molar-refractivity contribution in [2.24, 2.45) is 0 Å². The van der Waals surface area contributed by atoms with Crippen LogP contribution in [0.15, 0.2) is 42.5 Å². The molecule has 0 bridgehead atoms. The predicted molar refractivity (Wildman–Crippen MR) is 79.5 cm³/mol. The van der Waals surface area contributed by atoms with Crippen LogP contribution in [0.4, 0.5) is 17.6 Å². The molecule has 2 aromatic carbocycles. The Labute approximate surface area is 132 Å². The van der Waals surface area contributed by atoms with Gasteiger partial charge < -0.3 is 0 Å². The van der Waals surface area contributed by atoms with Crippen LogP contribution in [0.1, 0.15) is 34.6 Å². The standard InChI is InChI=1S/C18H16F4N/c19-14-5-6-15-12(10-14)4-7-17(23)16(15)9-11-2-1-3-13(8-11)18(20,21)22/h1-3,5-6,8,10,16-17,23H,4,7,9H2. The average molecular weight is 322 g/mol.